The summed E-state index contributed by atoms with van der Waals surface area (Å²) in [7, 11) is 11.5. The van der Waals surface area contributed by atoms with Gasteiger partial charge in [-0.2, -0.15) is 0 Å². The third-order valence-corrected chi connectivity index (χ3v) is 7.10. The topological polar surface area (TPSA) is 82.9 Å². The lowest BCUT2D eigenvalue weighted by molar-refractivity contribution is -0.127. The van der Waals surface area contributed by atoms with Gasteiger partial charge >= 0.3 is 0 Å². The van der Waals surface area contributed by atoms with E-state index < -0.39 is 22.6 Å². The van der Waals surface area contributed by atoms with Crippen molar-refractivity contribution in [2.24, 2.45) is 5.92 Å². The number of carbonyl (C=O) groups is 1. The van der Waals surface area contributed by atoms with Crippen LogP contribution in [0.4, 0.5) is 0 Å². The van der Waals surface area contributed by atoms with Crippen molar-refractivity contribution in [1.82, 2.24) is 9.88 Å². The van der Waals surface area contributed by atoms with Gasteiger partial charge < -0.3 is 14.9 Å². The van der Waals surface area contributed by atoms with Crippen LogP contribution in [0.25, 0.3) is 0 Å². The summed E-state index contributed by atoms with van der Waals surface area (Å²) in [6.45, 7) is 4.94. The van der Waals surface area contributed by atoms with Crippen molar-refractivity contribution in [2.45, 2.75) is 44.0 Å². The minimum Gasteiger partial charge on any atom is -0.409 e. The van der Waals surface area contributed by atoms with Crippen LogP contribution in [0.3, 0.4) is 0 Å². The predicted octanol–water partition coefficient (Wildman–Crippen LogP) is 4.11. The number of pyridine rings is 1. The Hall–Kier alpha value is -2.35. The number of nitrogens with zero attached hydrogens (tertiary/aromatic N) is 2. The highest BCUT2D eigenvalue weighted by atomic mass is 35.5. The summed E-state index contributed by atoms with van der Waals surface area (Å²) in [6.07, 6.45) is 1.51. The molecule has 2 heterocycles. The molecular formula is C27H26B2Cl2N2O4. The van der Waals surface area contributed by atoms with Crippen molar-refractivity contribution in [3.63, 3.8) is 0 Å². The smallest absolute Gasteiger partial charge is 0.257 e. The molecule has 0 fully saturated rings. The molecule has 10 heteroatoms. The number of amides is 1. The van der Waals surface area contributed by atoms with Crippen LogP contribution < -0.4 is 0 Å². The Bertz CT molecular complexity index is 1290. The number of benzene rings is 2. The van der Waals surface area contributed by atoms with Gasteiger partial charge in [0.15, 0.2) is 5.72 Å². The maximum atomic E-state index is 14.0. The standard InChI is InChI=1S/C27H26B2Cl2N2O4/c1-16(27(28,29)36)15-37-26(17-4-7-19(30)8-5-17)23-11-6-18(25(2,3)35)12-22(23)24(34)33(26)14-21-10-9-20(31)13-32-21/h4-13,16,35-36H,14-15H2,1-3H3/t16-,26+/m0/s1. The molecule has 0 saturated heterocycles. The van der Waals surface area contributed by atoms with Crippen LogP contribution in [0.5, 0.6) is 0 Å². The van der Waals surface area contributed by atoms with Crippen LogP contribution in [0.2, 0.25) is 10.0 Å². The van der Waals surface area contributed by atoms with E-state index in [1.165, 1.54) is 6.20 Å². The van der Waals surface area contributed by atoms with E-state index in [0.29, 0.717) is 38.0 Å². The van der Waals surface area contributed by atoms with Crippen LogP contribution in [0.15, 0.2) is 60.8 Å². The Morgan fingerprint density at radius 3 is 2.27 bits per heavy atom. The van der Waals surface area contributed by atoms with Gasteiger partial charge in [0.05, 0.1) is 45.2 Å². The zero-order chi connectivity index (χ0) is 27.2. The van der Waals surface area contributed by atoms with Crippen LogP contribution in [0.1, 0.15) is 53.5 Å². The summed E-state index contributed by atoms with van der Waals surface area (Å²) in [4.78, 5) is 20.0. The number of halogens is 2. The van der Waals surface area contributed by atoms with E-state index in [1.807, 2.05) is 0 Å². The van der Waals surface area contributed by atoms with Gasteiger partial charge in [0.1, 0.15) is 0 Å². The van der Waals surface area contributed by atoms with Crippen molar-refractivity contribution >= 4 is 44.8 Å². The Morgan fingerprint density at radius 1 is 1.05 bits per heavy atom. The fourth-order valence-electron chi connectivity index (χ4n) is 4.28. The molecule has 2 N–H and O–H groups in total. The van der Waals surface area contributed by atoms with Gasteiger partial charge in [-0.1, -0.05) is 54.4 Å². The second kappa shape index (κ2) is 10.1. The average molecular weight is 535 g/mol. The predicted molar refractivity (Wildman–Crippen MR) is 145 cm³/mol. The normalized spacial score (nSPS) is 18.7. The van der Waals surface area contributed by atoms with Crippen LogP contribution in [-0.2, 0) is 22.6 Å². The molecule has 4 radical (unpaired) electrons. The molecule has 1 amide bonds. The molecule has 1 aliphatic heterocycles. The third-order valence-electron chi connectivity index (χ3n) is 6.62. The molecular weight excluding hydrogens is 509 g/mol. The second-order valence-electron chi connectivity index (χ2n) is 9.93. The number of aliphatic hydroxyl groups is 2. The average Bonchev–Trinajstić information content (AvgIpc) is 3.06. The summed E-state index contributed by atoms with van der Waals surface area (Å²) in [5, 5.41) is 19.8. The van der Waals surface area contributed by atoms with Crippen LogP contribution in [0, 0.1) is 5.92 Å². The minimum absolute atomic E-state index is 0.0784. The molecule has 2 aromatic carbocycles. The lowest BCUT2D eigenvalue weighted by Crippen LogP contribution is -2.49. The first kappa shape index (κ1) is 27.7. The summed E-state index contributed by atoms with van der Waals surface area (Å²) < 4.78 is 6.56. The number of carbonyl (C=O) groups excluding carboxylic acids is 1. The molecule has 0 bridgehead atoms. The molecule has 4 rings (SSSR count). The fourth-order valence-corrected chi connectivity index (χ4v) is 4.52. The fraction of sp³-hybridized carbons (Fsp3) is 0.333. The van der Waals surface area contributed by atoms with E-state index in [9.17, 15) is 15.0 Å². The van der Waals surface area contributed by atoms with Crippen molar-refractivity contribution in [3.8, 4) is 0 Å². The number of ether oxygens (including phenoxy) is 1. The van der Waals surface area contributed by atoms with Gasteiger partial charge in [-0.15, -0.1) is 0 Å². The van der Waals surface area contributed by atoms with E-state index >= 15 is 0 Å². The van der Waals surface area contributed by atoms with Crippen molar-refractivity contribution in [1.29, 1.82) is 0 Å². The highest BCUT2D eigenvalue weighted by molar-refractivity contribution is 6.39. The zero-order valence-electron chi connectivity index (χ0n) is 20.8. The van der Waals surface area contributed by atoms with Gasteiger partial charge in [0.25, 0.3) is 5.91 Å². The SMILES string of the molecule is [B]C([B])(O)[C@@H](C)CO[C@]1(c2ccc(Cl)cc2)c2ccc(C(C)(C)O)cc2C(=O)N1Cc1ccc(Cl)cn1. The molecule has 0 unspecified atom stereocenters. The summed E-state index contributed by atoms with van der Waals surface area (Å²) in [6, 6.07) is 15.6. The van der Waals surface area contributed by atoms with Gasteiger partial charge in [-0.05, 0) is 61.1 Å². The summed E-state index contributed by atoms with van der Waals surface area (Å²) >= 11 is 12.2. The van der Waals surface area contributed by atoms with Gasteiger partial charge in [-0.25, -0.2) is 0 Å². The van der Waals surface area contributed by atoms with E-state index in [4.69, 9.17) is 43.6 Å². The Kier molecular flexibility index (Phi) is 7.54. The largest absolute Gasteiger partial charge is 0.409 e. The number of aromatic nitrogens is 1. The lowest BCUT2D eigenvalue weighted by Gasteiger charge is -2.41. The maximum absolute atomic E-state index is 14.0. The highest BCUT2D eigenvalue weighted by Crippen LogP contribution is 2.47. The number of hydrogen-bond donors (Lipinski definition) is 2. The van der Waals surface area contributed by atoms with Gasteiger partial charge in [-0.3, -0.25) is 14.7 Å². The van der Waals surface area contributed by atoms with E-state index in [0.717, 1.165) is 0 Å². The third kappa shape index (κ3) is 5.45. The maximum Gasteiger partial charge on any atom is 0.257 e. The summed E-state index contributed by atoms with van der Waals surface area (Å²) in [5.74, 6) is -1.02. The highest BCUT2D eigenvalue weighted by Gasteiger charge is 2.53. The van der Waals surface area contributed by atoms with Crippen molar-refractivity contribution < 1.29 is 19.7 Å². The molecule has 3 aromatic rings. The molecule has 1 aliphatic rings. The van der Waals surface area contributed by atoms with Crippen molar-refractivity contribution in [2.75, 3.05) is 6.61 Å². The van der Waals surface area contributed by atoms with E-state index in [1.54, 1.807) is 80.3 Å². The Labute approximate surface area is 229 Å². The Balaban J connectivity index is 1.93. The summed E-state index contributed by atoms with van der Waals surface area (Å²) in [5.41, 5.74) is 0.0991. The van der Waals surface area contributed by atoms with Crippen LogP contribution in [-0.4, -0.2) is 53.7 Å². The number of fused-ring (bicyclic) bond motifs is 1. The Morgan fingerprint density at radius 2 is 1.70 bits per heavy atom. The van der Waals surface area contributed by atoms with Gasteiger partial charge in [0.2, 0.25) is 0 Å². The van der Waals surface area contributed by atoms with E-state index in [-0.39, 0.29) is 19.1 Å². The van der Waals surface area contributed by atoms with Gasteiger partial charge in [0, 0.05) is 27.9 Å². The van der Waals surface area contributed by atoms with Crippen molar-refractivity contribution in [3.05, 3.63) is 98.8 Å². The molecule has 2 atom stereocenters. The lowest BCUT2D eigenvalue weighted by atomic mass is 9.59. The second-order valence-corrected chi connectivity index (χ2v) is 10.8. The molecule has 1 aromatic heterocycles. The molecule has 0 spiro atoms. The first-order valence-corrected chi connectivity index (χ1v) is 12.5. The molecule has 6 nitrogen and oxygen atoms in total. The van der Waals surface area contributed by atoms with E-state index in [2.05, 4.69) is 4.98 Å². The quantitative estimate of drug-likeness (QED) is 0.425. The molecule has 37 heavy (non-hydrogen) atoms. The zero-order valence-corrected chi connectivity index (χ0v) is 22.3. The molecule has 0 saturated carbocycles. The first-order valence-electron chi connectivity index (χ1n) is 11.7. The monoisotopic (exact) mass is 534 g/mol. The first-order chi connectivity index (χ1) is 17.2. The number of rotatable bonds is 8. The molecule has 188 valence electrons. The van der Waals surface area contributed by atoms with Crippen LogP contribution >= 0.6 is 23.2 Å². The molecule has 0 aliphatic carbocycles. The number of hydrogen-bond acceptors (Lipinski definition) is 5. The minimum atomic E-state index is -2.00.